The van der Waals surface area contributed by atoms with Gasteiger partial charge in [-0.1, -0.05) is 15.9 Å². The van der Waals surface area contributed by atoms with Crippen LogP contribution in [-0.2, 0) is 0 Å². The molecule has 0 aliphatic heterocycles. The van der Waals surface area contributed by atoms with Crippen molar-refractivity contribution in [2.75, 3.05) is 6.61 Å². The zero-order valence-corrected chi connectivity index (χ0v) is 8.96. The van der Waals surface area contributed by atoms with E-state index < -0.39 is 6.10 Å². The Kier molecular flexibility index (Phi) is 2.60. The molecule has 1 aliphatic carbocycles. The molecule has 1 aromatic carbocycles. The van der Waals surface area contributed by atoms with Crippen LogP contribution in [0.4, 0.5) is 4.39 Å². The molecular formula is C10H10BrFO2. The van der Waals surface area contributed by atoms with Crippen LogP contribution in [0.15, 0.2) is 16.6 Å². The van der Waals surface area contributed by atoms with Gasteiger partial charge in [-0.2, -0.15) is 0 Å². The maximum absolute atomic E-state index is 13.5. The molecule has 0 radical (unpaired) electrons. The van der Waals surface area contributed by atoms with Crippen molar-refractivity contribution in [3.05, 3.63) is 33.5 Å². The van der Waals surface area contributed by atoms with Crippen molar-refractivity contribution in [3.63, 3.8) is 0 Å². The zero-order valence-electron chi connectivity index (χ0n) is 7.37. The lowest BCUT2D eigenvalue weighted by molar-refractivity contribution is 0.158. The molecule has 0 fully saturated rings. The summed E-state index contributed by atoms with van der Waals surface area (Å²) in [6, 6.07) is 3.07. The third kappa shape index (κ3) is 1.47. The summed E-state index contributed by atoms with van der Waals surface area (Å²) in [6.07, 6.45) is -0.256. The molecule has 0 aromatic heterocycles. The molecule has 0 spiro atoms. The lowest BCUT2D eigenvalue weighted by Crippen LogP contribution is -2.01. The number of hydrogen-bond donors (Lipinski definition) is 2. The van der Waals surface area contributed by atoms with E-state index in [9.17, 15) is 9.50 Å². The van der Waals surface area contributed by atoms with Crippen LogP contribution in [-0.4, -0.2) is 16.8 Å². The van der Waals surface area contributed by atoms with Gasteiger partial charge in [-0.05, 0) is 29.7 Å². The summed E-state index contributed by atoms with van der Waals surface area (Å²) < 4.78 is 14.1. The number of benzene rings is 1. The number of halogens is 2. The number of rotatable bonds is 1. The quantitative estimate of drug-likeness (QED) is 0.812. The molecule has 2 nitrogen and oxygen atoms in total. The summed E-state index contributed by atoms with van der Waals surface area (Å²) in [5.41, 5.74) is 1.05. The van der Waals surface area contributed by atoms with E-state index in [1.165, 1.54) is 6.07 Å². The van der Waals surface area contributed by atoms with Crippen LogP contribution in [0.3, 0.4) is 0 Å². The summed E-state index contributed by atoms with van der Waals surface area (Å²) in [5, 5.41) is 18.7. The molecular weight excluding hydrogens is 251 g/mol. The molecule has 76 valence electrons. The highest BCUT2D eigenvalue weighted by molar-refractivity contribution is 9.10. The Morgan fingerprint density at radius 3 is 2.86 bits per heavy atom. The Balaban J connectivity index is 2.56. The lowest BCUT2D eigenvalue weighted by atomic mass is 10.0. The first-order valence-electron chi connectivity index (χ1n) is 4.41. The van der Waals surface area contributed by atoms with Crippen molar-refractivity contribution >= 4 is 15.9 Å². The van der Waals surface area contributed by atoms with Crippen LogP contribution in [0.25, 0.3) is 0 Å². The van der Waals surface area contributed by atoms with Gasteiger partial charge in [0.15, 0.2) is 0 Å². The third-order valence-electron chi connectivity index (χ3n) is 2.62. The van der Waals surface area contributed by atoms with Gasteiger partial charge < -0.3 is 10.2 Å². The summed E-state index contributed by atoms with van der Waals surface area (Å²) in [7, 11) is 0. The summed E-state index contributed by atoms with van der Waals surface area (Å²) in [4.78, 5) is 0. The van der Waals surface area contributed by atoms with Crippen molar-refractivity contribution in [2.24, 2.45) is 0 Å². The third-order valence-corrected chi connectivity index (χ3v) is 3.08. The van der Waals surface area contributed by atoms with Gasteiger partial charge in [-0.25, -0.2) is 4.39 Å². The van der Waals surface area contributed by atoms with Gasteiger partial charge >= 0.3 is 0 Å². The van der Waals surface area contributed by atoms with Crippen LogP contribution < -0.4 is 0 Å². The van der Waals surface area contributed by atoms with E-state index in [0.717, 1.165) is 0 Å². The van der Waals surface area contributed by atoms with E-state index in [2.05, 4.69) is 15.9 Å². The van der Waals surface area contributed by atoms with Crippen molar-refractivity contribution in [1.29, 1.82) is 0 Å². The molecule has 1 aromatic rings. The van der Waals surface area contributed by atoms with Gasteiger partial charge in [0, 0.05) is 10.4 Å². The van der Waals surface area contributed by atoms with Crippen molar-refractivity contribution in [1.82, 2.24) is 0 Å². The Morgan fingerprint density at radius 1 is 1.50 bits per heavy atom. The van der Waals surface area contributed by atoms with E-state index in [1.807, 2.05) is 0 Å². The minimum absolute atomic E-state index is 0.122. The predicted octanol–water partition coefficient (Wildman–Crippen LogP) is 2.10. The maximum Gasteiger partial charge on any atom is 0.128 e. The molecule has 2 rings (SSSR count). The summed E-state index contributed by atoms with van der Waals surface area (Å²) in [6.45, 7) is -0.122. The monoisotopic (exact) mass is 260 g/mol. The van der Waals surface area contributed by atoms with E-state index in [4.69, 9.17) is 5.11 Å². The Morgan fingerprint density at radius 2 is 2.21 bits per heavy atom. The molecule has 0 bridgehead atoms. The van der Waals surface area contributed by atoms with Crippen LogP contribution in [0.5, 0.6) is 0 Å². The summed E-state index contributed by atoms with van der Waals surface area (Å²) >= 11 is 3.17. The van der Waals surface area contributed by atoms with E-state index in [0.29, 0.717) is 22.0 Å². The normalized spacial score (nSPS) is 25.1. The molecule has 0 unspecified atom stereocenters. The molecule has 2 atom stereocenters. The smallest absolute Gasteiger partial charge is 0.128 e. The second-order valence-electron chi connectivity index (χ2n) is 3.52. The van der Waals surface area contributed by atoms with Crippen molar-refractivity contribution in [3.8, 4) is 0 Å². The highest BCUT2D eigenvalue weighted by Gasteiger charge is 2.32. The molecule has 0 saturated heterocycles. The van der Waals surface area contributed by atoms with Gasteiger partial charge in [-0.15, -0.1) is 0 Å². The van der Waals surface area contributed by atoms with E-state index >= 15 is 0 Å². The number of aliphatic hydroxyl groups is 2. The molecule has 0 amide bonds. The number of fused-ring (bicyclic) bond motifs is 1. The standard InChI is InChI=1S/C10H10BrFO2/c11-6-2-7-9(14)1-5(4-13)10(7)8(12)3-6/h2-3,5,9,13-14H,1,4H2/t5-,9-/m0/s1. The molecule has 2 N–H and O–H groups in total. The van der Waals surface area contributed by atoms with Gasteiger partial charge in [-0.3, -0.25) is 0 Å². The average Bonchev–Trinajstić information content (AvgIpc) is 2.43. The largest absolute Gasteiger partial charge is 0.396 e. The average molecular weight is 261 g/mol. The van der Waals surface area contributed by atoms with Crippen LogP contribution in [0.1, 0.15) is 29.6 Å². The molecule has 14 heavy (non-hydrogen) atoms. The lowest BCUT2D eigenvalue weighted by Gasteiger charge is -2.08. The first-order chi connectivity index (χ1) is 6.63. The van der Waals surface area contributed by atoms with Crippen LogP contribution in [0, 0.1) is 5.82 Å². The minimum atomic E-state index is -0.658. The Hall–Kier alpha value is -0.450. The molecule has 1 aliphatic rings. The van der Waals surface area contributed by atoms with E-state index in [-0.39, 0.29) is 18.3 Å². The fraction of sp³-hybridized carbons (Fsp3) is 0.400. The first-order valence-corrected chi connectivity index (χ1v) is 5.20. The zero-order chi connectivity index (χ0) is 10.3. The Labute approximate surface area is 89.5 Å². The van der Waals surface area contributed by atoms with Crippen molar-refractivity contribution < 1.29 is 14.6 Å². The van der Waals surface area contributed by atoms with Crippen LogP contribution >= 0.6 is 15.9 Å². The molecule has 4 heteroatoms. The minimum Gasteiger partial charge on any atom is -0.396 e. The van der Waals surface area contributed by atoms with Gasteiger partial charge in [0.05, 0.1) is 12.7 Å². The Bertz CT molecular complexity index is 367. The second-order valence-corrected chi connectivity index (χ2v) is 4.44. The van der Waals surface area contributed by atoms with Crippen LogP contribution in [0.2, 0.25) is 0 Å². The SMILES string of the molecule is OC[C@@H]1C[C@H](O)c2cc(Br)cc(F)c21. The van der Waals surface area contributed by atoms with Gasteiger partial charge in [0.2, 0.25) is 0 Å². The van der Waals surface area contributed by atoms with Gasteiger partial charge in [0.25, 0.3) is 0 Å². The highest BCUT2D eigenvalue weighted by atomic mass is 79.9. The second kappa shape index (κ2) is 3.61. The topological polar surface area (TPSA) is 40.5 Å². The van der Waals surface area contributed by atoms with E-state index in [1.54, 1.807) is 6.07 Å². The maximum atomic E-state index is 13.5. The number of hydrogen-bond acceptors (Lipinski definition) is 2. The first kappa shape index (κ1) is 10.1. The molecule has 0 heterocycles. The fourth-order valence-electron chi connectivity index (χ4n) is 1.99. The van der Waals surface area contributed by atoms with Gasteiger partial charge in [0.1, 0.15) is 5.82 Å². The predicted molar refractivity (Wildman–Crippen MR) is 53.5 cm³/mol. The number of aliphatic hydroxyl groups excluding tert-OH is 2. The van der Waals surface area contributed by atoms with Crippen molar-refractivity contribution in [2.45, 2.75) is 18.4 Å². The molecule has 0 saturated carbocycles. The summed E-state index contributed by atoms with van der Waals surface area (Å²) in [5.74, 6) is -0.627. The highest BCUT2D eigenvalue weighted by Crippen LogP contribution is 2.42. The fourth-order valence-corrected chi connectivity index (χ4v) is 2.44.